The Morgan fingerprint density at radius 3 is 2.39 bits per heavy atom. The van der Waals surface area contributed by atoms with Crippen LogP contribution in [0.2, 0.25) is 5.02 Å². The highest BCUT2D eigenvalue weighted by molar-refractivity contribution is 7.89. The van der Waals surface area contributed by atoms with Crippen LogP contribution in [0.15, 0.2) is 53.4 Å². The molecule has 3 rings (SSSR count). The lowest BCUT2D eigenvalue weighted by Gasteiger charge is -2.35. The topological polar surface area (TPSA) is 84.7 Å². The summed E-state index contributed by atoms with van der Waals surface area (Å²) in [7, 11) is -3.78. The van der Waals surface area contributed by atoms with Gasteiger partial charge in [0.25, 0.3) is 0 Å². The Morgan fingerprint density at radius 1 is 1.10 bits per heavy atom. The fraction of sp³-hybridized carbons (Fsp3) is 0.364. The molecule has 0 unspecified atom stereocenters. The third-order valence-electron chi connectivity index (χ3n) is 5.37. The van der Waals surface area contributed by atoms with Gasteiger partial charge in [0.15, 0.2) is 0 Å². The summed E-state index contributed by atoms with van der Waals surface area (Å²) in [5.41, 5.74) is 1.09. The number of halogens is 1. The van der Waals surface area contributed by atoms with Gasteiger partial charge in [-0.3, -0.25) is 9.69 Å². The molecule has 0 aliphatic carbocycles. The SMILES string of the molecule is CCN(CC(=O)N1CCN(S(=O)(=O)c2ccccc2C#N)CC1)Cc1ccccc1Cl. The number of rotatable bonds is 7. The predicted molar refractivity (Wildman–Crippen MR) is 119 cm³/mol. The van der Waals surface area contributed by atoms with Gasteiger partial charge in [-0.2, -0.15) is 9.57 Å². The van der Waals surface area contributed by atoms with Crippen molar-refractivity contribution in [3.8, 4) is 6.07 Å². The van der Waals surface area contributed by atoms with Crippen LogP contribution in [-0.2, 0) is 21.4 Å². The molecule has 1 heterocycles. The lowest BCUT2D eigenvalue weighted by molar-refractivity contribution is -0.133. The van der Waals surface area contributed by atoms with Crippen LogP contribution in [0.1, 0.15) is 18.1 Å². The van der Waals surface area contributed by atoms with E-state index in [9.17, 15) is 18.5 Å². The van der Waals surface area contributed by atoms with Crippen LogP contribution in [0.3, 0.4) is 0 Å². The predicted octanol–water partition coefficient (Wildman–Crippen LogP) is 2.57. The number of hydrogen-bond acceptors (Lipinski definition) is 5. The molecule has 1 amide bonds. The largest absolute Gasteiger partial charge is 0.339 e. The molecule has 7 nitrogen and oxygen atoms in total. The Kier molecular flexibility index (Phi) is 7.68. The smallest absolute Gasteiger partial charge is 0.244 e. The van der Waals surface area contributed by atoms with Gasteiger partial charge in [-0.1, -0.05) is 48.9 Å². The molecule has 0 spiro atoms. The van der Waals surface area contributed by atoms with Crippen molar-refractivity contribution < 1.29 is 13.2 Å². The minimum Gasteiger partial charge on any atom is -0.339 e. The highest BCUT2D eigenvalue weighted by atomic mass is 35.5. The molecule has 2 aromatic rings. The first kappa shape index (κ1) is 23.2. The first-order valence-electron chi connectivity index (χ1n) is 10.1. The van der Waals surface area contributed by atoms with E-state index in [1.54, 1.807) is 17.0 Å². The zero-order chi connectivity index (χ0) is 22.4. The molecule has 2 aromatic carbocycles. The number of nitrogens with zero attached hydrogens (tertiary/aromatic N) is 4. The molecule has 0 atom stereocenters. The number of sulfonamides is 1. The Balaban J connectivity index is 1.60. The van der Waals surface area contributed by atoms with E-state index in [2.05, 4.69) is 0 Å². The lowest BCUT2D eigenvalue weighted by Crippen LogP contribution is -2.52. The lowest BCUT2D eigenvalue weighted by atomic mass is 10.2. The molecule has 0 N–H and O–H groups in total. The fourth-order valence-corrected chi connectivity index (χ4v) is 5.30. The Morgan fingerprint density at radius 2 is 1.74 bits per heavy atom. The van der Waals surface area contributed by atoms with E-state index in [1.165, 1.54) is 16.4 Å². The zero-order valence-electron chi connectivity index (χ0n) is 17.4. The number of benzene rings is 2. The standard InChI is InChI=1S/C22H25ClN4O3S/c1-2-25(16-19-8-3-5-9-20(19)23)17-22(28)26-11-13-27(14-12-26)31(29,30)21-10-6-4-7-18(21)15-24/h3-10H,2,11-14,16-17H2,1H3. The summed E-state index contributed by atoms with van der Waals surface area (Å²) < 4.78 is 27.2. The average Bonchev–Trinajstić information content (AvgIpc) is 2.79. The highest BCUT2D eigenvalue weighted by Gasteiger charge is 2.31. The van der Waals surface area contributed by atoms with Crippen molar-refractivity contribution in [2.75, 3.05) is 39.3 Å². The van der Waals surface area contributed by atoms with E-state index in [4.69, 9.17) is 11.6 Å². The van der Waals surface area contributed by atoms with E-state index in [0.29, 0.717) is 31.2 Å². The van der Waals surface area contributed by atoms with Crippen molar-refractivity contribution in [3.63, 3.8) is 0 Å². The van der Waals surface area contributed by atoms with Crippen molar-refractivity contribution in [1.29, 1.82) is 5.26 Å². The Labute approximate surface area is 188 Å². The Hall–Kier alpha value is -2.44. The summed E-state index contributed by atoms with van der Waals surface area (Å²) >= 11 is 6.24. The van der Waals surface area contributed by atoms with Gasteiger partial charge < -0.3 is 4.90 Å². The van der Waals surface area contributed by atoms with Crippen LogP contribution < -0.4 is 0 Å². The number of piperazine rings is 1. The van der Waals surface area contributed by atoms with Crippen LogP contribution in [0.4, 0.5) is 0 Å². The van der Waals surface area contributed by atoms with Crippen molar-refractivity contribution in [1.82, 2.24) is 14.1 Å². The highest BCUT2D eigenvalue weighted by Crippen LogP contribution is 2.21. The molecule has 0 aromatic heterocycles. The fourth-order valence-electron chi connectivity index (χ4n) is 3.54. The van der Waals surface area contributed by atoms with Gasteiger partial charge in [-0.05, 0) is 30.3 Å². The summed E-state index contributed by atoms with van der Waals surface area (Å²) in [6.07, 6.45) is 0. The quantitative estimate of drug-likeness (QED) is 0.634. The number of likely N-dealkylation sites (N-methyl/N-ethyl adjacent to an activating group) is 1. The van der Waals surface area contributed by atoms with Gasteiger partial charge in [-0.15, -0.1) is 0 Å². The monoisotopic (exact) mass is 460 g/mol. The van der Waals surface area contributed by atoms with E-state index in [1.807, 2.05) is 42.2 Å². The zero-order valence-corrected chi connectivity index (χ0v) is 18.9. The van der Waals surface area contributed by atoms with Gasteiger partial charge in [-0.25, -0.2) is 8.42 Å². The molecule has 1 fully saturated rings. The van der Waals surface area contributed by atoms with Crippen LogP contribution >= 0.6 is 11.6 Å². The van der Waals surface area contributed by atoms with E-state index in [0.717, 1.165) is 5.56 Å². The molecule has 31 heavy (non-hydrogen) atoms. The molecular weight excluding hydrogens is 436 g/mol. The number of carbonyl (C=O) groups is 1. The summed E-state index contributed by atoms with van der Waals surface area (Å²) in [4.78, 5) is 16.5. The van der Waals surface area contributed by atoms with Crippen LogP contribution in [0.5, 0.6) is 0 Å². The van der Waals surface area contributed by atoms with E-state index >= 15 is 0 Å². The second-order valence-corrected chi connectivity index (χ2v) is 9.60. The molecule has 1 saturated heterocycles. The van der Waals surface area contributed by atoms with Crippen molar-refractivity contribution in [2.45, 2.75) is 18.4 Å². The minimum absolute atomic E-state index is 0.00849. The van der Waals surface area contributed by atoms with Gasteiger partial charge >= 0.3 is 0 Å². The molecule has 0 bridgehead atoms. The Bertz CT molecular complexity index is 1080. The van der Waals surface area contributed by atoms with Crippen molar-refractivity contribution >= 4 is 27.5 Å². The van der Waals surface area contributed by atoms with Gasteiger partial charge in [0.05, 0.1) is 17.0 Å². The number of nitriles is 1. The molecule has 164 valence electrons. The van der Waals surface area contributed by atoms with Gasteiger partial charge in [0, 0.05) is 37.7 Å². The summed E-state index contributed by atoms with van der Waals surface area (Å²) in [6, 6.07) is 15.7. The maximum Gasteiger partial charge on any atom is 0.244 e. The first-order chi connectivity index (χ1) is 14.9. The van der Waals surface area contributed by atoms with Crippen LogP contribution in [-0.4, -0.2) is 67.7 Å². The second kappa shape index (κ2) is 10.2. The van der Waals surface area contributed by atoms with E-state index < -0.39 is 10.0 Å². The van der Waals surface area contributed by atoms with Crippen molar-refractivity contribution in [3.05, 3.63) is 64.7 Å². The number of hydrogen-bond donors (Lipinski definition) is 0. The number of carbonyl (C=O) groups excluding carboxylic acids is 1. The normalized spacial score (nSPS) is 15.1. The maximum atomic E-state index is 13.0. The second-order valence-electron chi connectivity index (χ2n) is 7.29. The van der Waals surface area contributed by atoms with Crippen LogP contribution in [0, 0.1) is 11.3 Å². The molecule has 0 saturated carbocycles. The molecular formula is C22H25ClN4O3S. The summed E-state index contributed by atoms with van der Waals surface area (Å²) in [5, 5.41) is 9.90. The third-order valence-corrected chi connectivity index (χ3v) is 7.70. The summed E-state index contributed by atoms with van der Waals surface area (Å²) in [6.45, 7) is 4.52. The minimum atomic E-state index is -3.78. The van der Waals surface area contributed by atoms with Crippen LogP contribution in [0.25, 0.3) is 0 Å². The molecule has 1 aliphatic heterocycles. The van der Waals surface area contributed by atoms with E-state index in [-0.39, 0.29) is 36.0 Å². The first-order valence-corrected chi connectivity index (χ1v) is 11.9. The van der Waals surface area contributed by atoms with Gasteiger partial charge in [0.1, 0.15) is 6.07 Å². The van der Waals surface area contributed by atoms with Crippen molar-refractivity contribution in [2.24, 2.45) is 0 Å². The molecule has 0 radical (unpaired) electrons. The third kappa shape index (κ3) is 5.43. The van der Waals surface area contributed by atoms with Gasteiger partial charge in [0.2, 0.25) is 15.9 Å². The molecule has 1 aliphatic rings. The number of amides is 1. The molecule has 9 heteroatoms. The summed E-state index contributed by atoms with van der Waals surface area (Å²) in [5.74, 6) is -0.0385. The average molecular weight is 461 g/mol. The maximum absolute atomic E-state index is 13.0.